The molecule has 19 heavy (non-hydrogen) atoms. The van der Waals surface area contributed by atoms with E-state index in [0.29, 0.717) is 5.82 Å². The number of aryl methyl sites for hydroxylation is 1. The number of rotatable bonds is 2. The van der Waals surface area contributed by atoms with Gasteiger partial charge in [-0.1, -0.05) is 18.2 Å². The molecule has 0 spiro atoms. The minimum atomic E-state index is 0.260. The van der Waals surface area contributed by atoms with Gasteiger partial charge in [-0.05, 0) is 19.1 Å². The van der Waals surface area contributed by atoms with Gasteiger partial charge in [-0.2, -0.15) is 4.98 Å². The summed E-state index contributed by atoms with van der Waals surface area (Å²) in [4.78, 5) is 12.6. The second-order valence-electron chi connectivity index (χ2n) is 4.26. The fourth-order valence-electron chi connectivity index (χ4n) is 2.00. The molecule has 0 unspecified atom stereocenters. The molecule has 0 saturated carbocycles. The lowest BCUT2D eigenvalue weighted by Gasteiger charge is -2.09. The number of nitrogen functional groups attached to an aromatic ring is 1. The Kier molecular flexibility index (Phi) is 2.72. The highest BCUT2D eigenvalue weighted by Gasteiger charge is 2.04. The van der Waals surface area contributed by atoms with Crippen molar-refractivity contribution < 1.29 is 0 Å². The molecule has 0 saturated heterocycles. The maximum atomic E-state index is 5.65. The van der Waals surface area contributed by atoms with Crippen LogP contribution >= 0.6 is 0 Å². The van der Waals surface area contributed by atoms with Gasteiger partial charge in [0.05, 0.1) is 11.2 Å². The Labute approximate surface area is 110 Å². The van der Waals surface area contributed by atoms with Gasteiger partial charge in [-0.25, -0.2) is 4.98 Å². The number of nitrogens with zero attached hydrogens (tertiary/aromatic N) is 3. The molecule has 0 aliphatic heterocycles. The smallest absolute Gasteiger partial charge is 0.222 e. The summed E-state index contributed by atoms with van der Waals surface area (Å²) in [6.07, 6.45) is 1.77. The zero-order chi connectivity index (χ0) is 13.2. The van der Waals surface area contributed by atoms with Crippen LogP contribution in [0, 0.1) is 6.92 Å². The first-order chi connectivity index (χ1) is 9.22. The first-order valence-corrected chi connectivity index (χ1v) is 5.94. The third kappa shape index (κ3) is 2.30. The van der Waals surface area contributed by atoms with Crippen LogP contribution < -0.4 is 11.1 Å². The van der Waals surface area contributed by atoms with E-state index in [-0.39, 0.29) is 5.95 Å². The highest BCUT2D eigenvalue weighted by molar-refractivity contribution is 5.91. The van der Waals surface area contributed by atoms with Crippen LogP contribution in [0.4, 0.5) is 17.5 Å². The quantitative estimate of drug-likeness (QED) is 0.732. The zero-order valence-electron chi connectivity index (χ0n) is 10.5. The number of para-hydroxylation sites is 1. The Morgan fingerprint density at radius 3 is 2.79 bits per heavy atom. The van der Waals surface area contributed by atoms with Gasteiger partial charge in [-0.15, -0.1) is 0 Å². The average Bonchev–Trinajstić information content (AvgIpc) is 2.38. The molecule has 0 bridgehead atoms. The zero-order valence-corrected chi connectivity index (χ0v) is 10.5. The third-order valence-corrected chi connectivity index (χ3v) is 2.77. The van der Waals surface area contributed by atoms with Gasteiger partial charge < -0.3 is 11.1 Å². The van der Waals surface area contributed by atoms with Crippen LogP contribution in [0.15, 0.2) is 42.6 Å². The van der Waals surface area contributed by atoms with E-state index in [0.717, 1.165) is 22.3 Å². The summed E-state index contributed by atoms with van der Waals surface area (Å²) in [6, 6.07) is 11.7. The summed E-state index contributed by atoms with van der Waals surface area (Å²) < 4.78 is 0. The molecule has 0 atom stereocenters. The summed E-state index contributed by atoms with van der Waals surface area (Å²) in [7, 11) is 0. The minimum absolute atomic E-state index is 0.260. The number of hydrogen-bond acceptors (Lipinski definition) is 5. The van der Waals surface area contributed by atoms with Crippen molar-refractivity contribution in [3.8, 4) is 0 Å². The number of nitrogens with one attached hydrogen (secondary N) is 1. The molecule has 94 valence electrons. The molecule has 5 nitrogen and oxygen atoms in total. The number of hydrogen-bond donors (Lipinski definition) is 2. The van der Waals surface area contributed by atoms with E-state index in [4.69, 9.17) is 5.73 Å². The van der Waals surface area contributed by atoms with Gasteiger partial charge >= 0.3 is 0 Å². The number of fused-ring (bicyclic) bond motifs is 1. The Hall–Kier alpha value is -2.69. The Balaban J connectivity index is 2.05. The number of aromatic nitrogens is 3. The minimum Gasteiger partial charge on any atom is -0.368 e. The lowest BCUT2D eigenvalue weighted by Crippen LogP contribution is -2.01. The van der Waals surface area contributed by atoms with Crippen LogP contribution in [0.1, 0.15) is 5.69 Å². The van der Waals surface area contributed by atoms with Crippen molar-refractivity contribution in [1.82, 2.24) is 15.0 Å². The molecule has 2 aromatic heterocycles. The topological polar surface area (TPSA) is 76.7 Å². The highest BCUT2D eigenvalue weighted by atomic mass is 15.1. The van der Waals surface area contributed by atoms with Crippen molar-refractivity contribution in [2.24, 2.45) is 0 Å². The Morgan fingerprint density at radius 2 is 1.95 bits per heavy atom. The molecule has 0 fully saturated rings. The number of anilines is 3. The third-order valence-electron chi connectivity index (χ3n) is 2.77. The summed E-state index contributed by atoms with van der Waals surface area (Å²) in [6.45, 7) is 1.88. The normalized spacial score (nSPS) is 10.6. The summed E-state index contributed by atoms with van der Waals surface area (Å²) in [5.74, 6) is 0.929. The van der Waals surface area contributed by atoms with E-state index in [1.165, 1.54) is 0 Å². The van der Waals surface area contributed by atoms with Crippen molar-refractivity contribution in [2.75, 3.05) is 11.1 Å². The number of nitrogens with two attached hydrogens (primary N) is 1. The molecular formula is C14H13N5. The molecule has 3 aromatic rings. The number of pyridine rings is 1. The fourth-order valence-corrected chi connectivity index (χ4v) is 2.00. The van der Waals surface area contributed by atoms with Crippen molar-refractivity contribution in [2.45, 2.75) is 6.92 Å². The van der Waals surface area contributed by atoms with Gasteiger partial charge in [-0.3, -0.25) is 4.98 Å². The molecule has 1 aromatic carbocycles. The molecule has 0 aliphatic carbocycles. The molecule has 0 aliphatic rings. The van der Waals surface area contributed by atoms with Gasteiger partial charge in [0.25, 0.3) is 0 Å². The van der Waals surface area contributed by atoms with Crippen LogP contribution in [0.3, 0.4) is 0 Å². The lowest BCUT2D eigenvalue weighted by molar-refractivity contribution is 1.12. The predicted molar refractivity (Wildman–Crippen MR) is 76.2 cm³/mol. The molecule has 2 heterocycles. The standard InChI is InChI=1S/C14H13N5/c1-9-8-12(19-14(15)17-9)18-11-6-2-4-10-5-3-7-16-13(10)11/h2-8H,1H3,(H3,15,17,18,19). The van der Waals surface area contributed by atoms with Gasteiger partial charge in [0.2, 0.25) is 5.95 Å². The van der Waals surface area contributed by atoms with Crippen LogP contribution in [0.25, 0.3) is 10.9 Å². The lowest BCUT2D eigenvalue weighted by atomic mass is 10.2. The molecular weight excluding hydrogens is 238 g/mol. The van der Waals surface area contributed by atoms with E-state index in [2.05, 4.69) is 20.3 Å². The highest BCUT2D eigenvalue weighted by Crippen LogP contribution is 2.23. The van der Waals surface area contributed by atoms with Crippen molar-refractivity contribution in [3.63, 3.8) is 0 Å². The van der Waals surface area contributed by atoms with Crippen LogP contribution in [-0.2, 0) is 0 Å². The summed E-state index contributed by atoms with van der Waals surface area (Å²) >= 11 is 0. The van der Waals surface area contributed by atoms with Crippen LogP contribution in [0.5, 0.6) is 0 Å². The van der Waals surface area contributed by atoms with Gasteiger partial charge in [0.15, 0.2) is 0 Å². The molecule has 3 rings (SSSR count). The fraction of sp³-hybridized carbons (Fsp3) is 0.0714. The molecule has 0 radical (unpaired) electrons. The van der Waals surface area contributed by atoms with Crippen LogP contribution in [0.2, 0.25) is 0 Å². The first-order valence-electron chi connectivity index (χ1n) is 5.94. The van der Waals surface area contributed by atoms with E-state index in [1.54, 1.807) is 6.20 Å². The largest absolute Gasteiger partial charge is 0.368 e. The van der Waals surface area contributed by atoms with Crippen LogP contribution in [-0.4, -0.2) is 15.0 Å². The predicted octanol–water partition coefficient (Wildman–Crippen LogP) is 2.66. The summed E-state index contributed by atoms with van der Waals surface area (Å²) in [5.41, 5.74) is 8.27. The van der Waals surface area contributed by atoms with Crippen molar-refractivity contribution >= 4 is 28.4 Å². The van der Waals surface area contributed by atoms with E-state index in [9.17, 15) is 0 Å². The van der Waals surface area contributed by atoms with Crippen molar-refractivity contribution in [1.29, 1.82) is 0 Å². The van der Waals surface area contributed by atoms with E-state index in [1.807, 2.05) is 43.3 Å². The SMILES string of the molecule is Cc1cc(Nc2cccc3cccnc23)nc(N)n1. The molecule has 3 N–H and O–H groups in total. The monoisotopic (exact) mass is 251 g/mol. The van der Waals surface area contributed by atoms with Gasteiger partial charge in [0.1, 0.15) is 5.82 Å². The molecule has 0 amide bonds. The molecule has 5 heteroatoms. The van der Waals surface area contributed by atoms with E-state index < -0.39 is 0 Å². The van der Waals surface area contributed by atoms with Crippen molar-refractivity contribution in [3.05, 3.63) is 48.3 Å². The Bertz CT molecular complexity index is 713. The Morgan fingerprint density at radius 1 is 1.11 bits per heavy atom. The average molecular weight is 251 g/mol. The van der Waals surface area contributed by atoms with Gasteiger partial charge in [0, 0.05) is 23.3 Å². The summed E-state index contributed by atoms with van der Waals surface area (Å²) in [5, 5.41) is 4.31. The second-order valence-corrected chi connectivity index (χ2v) is 4.26. The number of benzene rings is 1. The van der Waals surface area contributed by atoms with E-state index >= 15 is 0 Å². The maximum Gasteiger partial charge on any atom is 0.222 e. The second kappa shape index (κ2) is 4.53. The maximum absolute atomic E-state index is 5.65. The first kappa shape index (κ1) is 11.4.